The molecule has 0 saturated heterocycles. The molecule has 0 aliphatic carbocycles. The first-order valence-corrected chi connectivity index (χ1v) is 7.50. The van der Waals surface area contributed by atoms with Crippen LogP contribution in [0.5, 0.6) is 0 Å². The van der Waals surface area contributed by atoms with Gasteiger partial charge in [-0.05, 0) is 32.3 Å². The highest BCUT2D eigenvalue weighted by atomic mass is 35.5. The molecule has 1 atom stereocenters. The van der Waals surface area contributed by atoms with Crippen molar-refractivity contribution >= 4 is 22.6 Å². The van der Waals surface area contributed by atoms with Crippen molar-refractivity contribution in [3.8, 4) is 0 Å². The Morgan fingerprint density at radius 2 is 1.89 bits per heavy atom. The molecule has 1 unspecified atom stereocenters. The van der Waals surface area contributed by atoms with E-state index in [1.807, 2.05) is 25.4 Å². The first kappa shape index (κ1) is 14.3. The van der Waals surface area contributed by atoms with E-state index < -0.39 is 0 Å². The second-order valence-corrected chi connectivity index (χ2v) is 5.73. The van der Waals surface area contributed by atoms with Gasteiger partial charge in [0.25, 0.3) is 0 Å². The van der Waals surface area contributed by atoms with Gasteiger partial charge in [0.05, 0.1) is 17.1 Å². The van der Waals surface area contributed by atoms with Crippen molar-refractivity contribution in [1.82, 2.24) is 14.5 Å². The standard InChI is InChI=1S/C15H22ClN3/c1-5-15(6-2,7-3)19-13-8-9-17-10-12(13)18-14(19)11(4)16/h8-11H,5-7H2,1-4H3. The van der Waals surface area contributed by atoms with Crippen LogP contribution in [0.15, 0.2) is 18.5 Å². The third-order valence-corrected chi connectivity index (χ3v) is 4.48. The highest BCUT2D eigenvalue weighted by Gasteiger charge is 2.31. The van der Waals surface area contributed by atoms with Crippen LogP contribution in [0.3, 0.4) is 0 Å². The van der Waals surface area contributed by atoms with Crippen LogP contribution >= 0.6 is 11.6 Å². The average molecular weight is 280 g/mol. The van der Waals surface area contributed by atoms with Crippen LogP contribution in [0.1, 0.15) is 58.2 Å². The first-order chi connectivity index (χ1) is 9.09. The molecule has 2 heterocycles. The van der Waals surface area contributed by atoms with Crippen LogP contribution in [0.2, 0.25) is 0 Å². The zero-order valence-electron chi connectivity index (χ0n) is 12.2. The zero-order chi connectivity index (χ0) is 14.0. The Bertz CT molecular complexity index is 547. The molecule has 0 aliphatic heterocycles. The maximum Gasteiger partial charge on any atom is 0.128 e. The molecule has 0 aromatic carbocycles. The van der Waals surface area contributed by atoms with Gasteiger partial charge in [-0.25, -0.2) is 4.98 Å². The molecule has 0 aliphatic rings. The summed E-state index contributed by atoms with van der Waals surface area (Å²) < 4.78 is 2.35. The van der Waals surface area contributed by atoms with E-state index in [0.717, 1.165) is 36.1 Å². The van der Waals surface area contributed by atoms with Gasteiger partial charge in [0.15, 0.2) is 0 Å². The number of halogens is 1. The summed E-state index contributed by atoms with van der Waals surface area (Å²) in [5, 5.41) is -0.101. The fraction of sp³-hybridized carbons (Fsp3) is 0.600. The highest BCUT2D eigenvalue weighted by molar-refractivity contribution is 6.20. The van der Waals surface area contributed by atoms with Crippen LogP contribution in [0.25, 0.3) is 11.0 Å². The summed E-state index contributed by atoms with van der Waals surface area (Å²) in [5.74, 6) is 0.954. The number of hydrogen-bond acceptors (Lipinski definition) is 2. The van der Waals surface area contributed by atoms with E-state index in [4.69, 9.17) is 16.6 Å². The van der Waals surface area contributed by atoms with Crippen LogP contribution in [-0.2, 0) is 5.54 Å². The molecule has 2 aromatic heterocycles. The zero-order valence-corrected chi connectivity index (χ0v) is 12.9. The monoisotopic (exact) mass is 279 g/mol. The lowest BCUT2D eigenvalue weighted by Gasteiger charge is -2.35. The van der Waals surface area contributed by atoms with Gasteiger partial charge in [-0.2, -0.15) is 0 Å². The number of hydrogen-bond donors (Lipinski definition) is 0. The summed E-state index contributed by atoms with van der Waals surface area (Å²) in [5.41, 5.74) is 2.17. The highest BCUT2D eigenvalue weighted by Crippen LogP contribution is 2.36. The summed E-state index contributed by atoms with van der Waals surface area (Å²) in [4.78, 5) is 8.86. The Hall–Kier alpha value is -1.09. The quantitative estimate of drug-likeness (QED) is 0.746. The summed E-state index contributed by atoms with van der Waals surface area (Å²) in [7, 11) is 0. The van der Waals surface area contributed by atoms with E-state index in [0.29, 0.717) is 0 Å². The number of aromatic nitrogens is 3. The summed E-state index contributed by atoms with van der Waals surface area (Å²) in [6.07, 6.45) is 6.87. The van der Waals surface area contributed by atoms with Gasteiger partial charge in [-0.15, -0.1) is 11.6 Å². The van der Waals surface area contributed by atoms with Gasteiger partial charge in [0.2, 0.25) is 0 Å². The summed E-state index contributed by atoms with van der Waals surface area (Å²) in [6.45, 7) is 8.70. The third kappa shape index (κ3) is 2.25. The van der Waals surface area contributed by atoms with Crippen molar-refractivity contribution in [2.24, 2.45) is 0 Å². The summed E-state index contributed by atoms with van der Waals surface area (Å²) >= 11 is 6.35. The third-order valence-electron chi connectivity index (χ3n) is 4.29. The number of rotatable bonds is 5. The molecule has 0 saturated carbocycles. The van der Waals surface area contributed by atoms with Gasteiger partial charge in [0, 0.05) is 11.7 Å². The Morgan fingerprint density at radius 3 is 2.42 bits per heavy atom. The average Bonchev–Trinajstić information content (AvgIpc) is 2.82. The normalized spacial score (nSPS) is 13.9. The minimum atomic E-state index is -0.101. The molecule has 0 N–H and O–H groups in total. The van der Waals surface area contributed by atoms with Crippen LogP contribution < -0.4 is 0 Å². The second kappa shape index (κ2) is 5.49. The van der Waals surface area contributed by atoms with Crippen molar-refractivity contribution in [1.29, 1.82) is 0 Å². The van der Waals surface area contributed by atoms with Gasteiger partial charge < -0.3 is 4.57 Å². The Balaban J connectivity index is 2.78. The van der Waals surface area contributed by atoms with Gasteiger partial charge >= 0.3 is 0 Å². The molecule has 4 heteroatoms. The molecule has 0 amide bonds. The first-order valence-electron chi connectivity index (χ1n) is 7.06. The molecule has 2 rings (SSSR count). The number of alkyl halides is 1. The van der Waals surface area contributed by atoms with Crippen molar-refractivity contribution in [2.75, 3.05) is 0 Å². The van der Waals surface area contributed by atoms with E-state index in [1.165, 1.54) is 0 Å². The van der Waals surface area contributed by atoms with E-state index >= 15 is 0 Å². The Labute approximate surface area is 120 Å². The lowest BCUT2D eigenvalue weighted by Crippen LogP contribution is -2.33. The minimum absolute atomic E-state index is 0.0919. The van der Waals surface area contributed by atoms with Crippen LogP contribution in [0.4, 0.5) is 0 Å². The predicted octanol–water partition coefficient (Wildman–Crippen LogP) is 4.66. The molecule has 2 aromatic rings. The molecule has 0 spiro atoms. The molecular formula is C15H22ClN3. The van der Waals surface area contributed by atoms with Crippen molar-refractivity contribution in [3.63, 3.8) is 0 Å². The topological polar surface area (TPSA) is 30.7 Å². The fourth-order valence-corrected chi connectivity index (χ4v) is 3.09. The van der Waals surface area contributed by atoms with Gasteiger partial charge in [-0.1, -0.05) is 20.8 Å². The molecule has 3 nitrogen and oxygen atoms in total. The summed E-state index contributed by atoms with van der Waals surface area (Å²) in [6, 6.07) is 2.04. The lowest BCUT2D eigenvalue weighted by atomic mass is 9.89. The van der Waals surface area contributed by atoms with E-state index in [2.05, 4.69) is 30.3 Å². The Kier molecular flexibility index (Phi) is 4.14. The molecule has 0 bridgehead atoms. The maximum atomic E-state index is 6.35. The van der Waals surface area contributed by atoms with Crippen molar-refractivity contribution in [3.05, 3.63) is 24.3 Å². The minimum Gasteiger partial charge on any atom is -0.320 e. The number of pyridine rings is 1. The smallest absolute Gasteiger partial charge is 0.128 e. The van der Waals surface area contributed by atoms with E-state index in [-0.39, 0.29) is 10.9 Å². The van der Waals surface area contributed by atoms with Crippen molar-refractivity contribution < 1.29 is 0 Å². The fourth-order valence-electron chi connectivity index (χ4n) is 2.94. The van der Waals surface area contributed by atoms with Crippen LogP contribution in [0, 0.1) is 0 Å². The largest absolute Gasteiger partial charge is 0.320 e. The van der Waals surface area contributed by atoms with E-state index in [1.54, 1.807) is 0 Å². The van der Waals surface area contributed by atoms with Crippen molar-refractivity contribution in [2.45, 2.75) is 57.9 Å². The SMILES string of the molecule is CCC(CC)(CC)n1c(C(C)Cl)nc2cnccc21. The van der Waals surface area contributed by atoms with Gasteiger partial charge in [0.1, 0.15) is 11.3 Å². The van der Waals surface area contributed by atoms with Crippen LogP contribution in [-0.4, -0.2) is 14.5 Å². The second-order valence-electron chi connectivity index (χ2n) is 5.07. The molecular weight excluding hydrogens is 258 g/mol. The number of fused-ring (bicyclic) bond motifs is 1. The molecule has 19 heavy (non-hydrogen) atoms. The predicted molar refractivity (Wildman–Crippen MR) is 80.6 cm³/mol. The maximum absolute atomic E-state index is 6.35. The number of imidazole rings is 1. The molecule has 0 fully saturated rings. The molecule has 104 valence electrons. The van der Waals surface area contributed by atoms with E-state index in [9.17, 15) is 0 Å². The number of nitrogens with zero attached hydrogens (tertiary/aromatic N) is 3. The lowest BCUT2D eigenvalue weighted by molar-refractivity contribution is 0.251. The van der Waals surface area contributed by atoms with Gasteiger partial charge in [-0.3, -0.25) is 4.98 Å². The Morgan fingerprint density at radius 1 is 1.26 bits per heavy atom. The molecule has 0 radical (unpaired) electrons.